The number of likely N-dealkylation sites (tertiary alicyclic amines) is 1. The van der Waals surface area contributed by atoms with Gasteiger partial charge in [-0.05, 0) is 12.1 Å². The Kier molecular flexibility index (Phi) is 5.24. The maximum Gasteiger partial charge on any atom is 0.222 e. The van der Waals surface area contributed by atoms with Crippen molar-refractivity contribution in [1.29, 1.82) is 0 Å². The van der Waals surface area contributed by atoms with Gasteiger partial charge in [-0.15, -0.1) is 0 Å². The maximum absolute atomic E-state index is 12.2. The molecular formula is C16H22N2O4. The molecule has 22 heavy (non-hydrogen) atoms. The molecule has 0 spiro atoms. The summed E-state index contributed by atoms with van der Waals surface area (Å²) in [6, 6.07) is 3.72. The fourth-order valence-electron chi connectivity index (χ4n) is 2.81. The molecule has 3 heterocycles. The molecule has 0 atom stereocenters. The molecule has 1 aromatic rings. The van der Waals surface area contributed by atoms with Crippen LogP contribution < -0.4 is 4.74 Å². The Morgan fingerprint density at radius 1 is 1.23 bits per heavy atom. The summed E-state index contributed by atoms with van der Waals surface area (Å²) in [6.07, 6.45) is 6.29. The van der Waals surface area contributed by atoms with Gasteiger partial charge in [0.05, 0.1) is 13.2 Å². The molecule has 0 N–H and O–H groups in total. The second-order valence-corrected chi connectivity index (χ2v) is 5.59. The number of piperidine rings is 1. The number of nitrogens with zero attached hydrogens (tertiary/aromatic N) is 2. The highest BCUT2D eigenvalue weighted by atomic mass is 16.7. The Morgan fingerprint density at radius 2 is 1.91 bits per heavy atom. The average molecular weight is 306 g/mol. The Bertz CT molecular complexity index is 468. The molecule has 0 aromatic carbocycles. The topological polar surface area (TPSA) is 60.9 Å². The lowest BCUT2D eigenvalue weighted by Crippen LogP contribution is -2.42. The molecular weight excluding hydrogens is 284 g/mol. The lowest BCUT2D eigenvalue weighted by Gasteiger charge is -2.32. The van der Waals surface area contributed by atoms with Crippen LogP contribution in [0.25, 0.3) is 0 Å². The number of carbonyl (C=O) groups is 1. The third-order valence-electron chi connectivity index (χ3n) is 4.03. The second kappa shape index (κ2) is 7.56. The number of ether oxygens (including phenoxy) is 3. The van der Waals surface area contributed by atoms with E-state index in [0.29, 0.717) is 26.1 Å². The van der Waals surface area contributed by atoms with Crippen molar-refractivity contribution in [2.24, 2.45) is 0 Å². The van der Waals surface area contributed by atoms with Crippen LogP contribution in [0.2, 0.25) is 0 Å². The first-order chi connectivity index (χ1) is 10.8. The van der Waals surface area contributed by atoms with E-state index < -0.39 is 0 Å². The summed E-state index contributed by atoms with van der Waals surface area (Å²) < 4.78 is 16.6. The maximum atomic E-state index is 12.2. The van der Waals surface area contributed by atoms with Crippen LogP contribution in [-0.2, 0) is 14.3 Å². The molecule has 0 saturated carbocycles. The lowest BCUT2D eigenvalue weighted by atomic mass is 10.1. The Balaban J connectivity index is 1.38. The molecule has 2 saturated heterocycles. The summed E-state index contributed by atoms with van der Waals surface area (Å²) in [6.45, 7) is 2.77. The third-order valence-corrected chi connectivity index (χ3v) is 4.03. The van der Waals surface area contributed by atoms with Gasteiger partial charge in [-0.2, -0.15) is 0 Å². The van der Waals surface area contributed by atoms with Gasteiger partial charge in [-0.1, -0.05) is 0 Å². The summed E-state index contributed by atoms with van der Waals surface area (Å²) in [7, 11) is 0. The summed E-state index contributed by atoms with van der Waals surface area (Å²) in [5.41, 5.74) is 0. The molecule has 2 fully saturated rings. The zero-order valence-corrected chi connectivity index (χ0v) is 12.6. The van der Waals surface area contributed by atoms with Crippen molar-refractivity contribution in [2.75, 3.05) is 26.3 Å². The van der Waals surface area contributed by atoms with Crippen molar-refractivity contribution in [3.63, 3.8) is 0 Å². The fourth-order valence-corrected chi connectivity index (χ4v) is 2.81. The minimum atomic E-state index is -0.198. The van der Waals surface area contributed by atoms with Crippen LogP contribution in [-0.4, -0.2) is 54.5 Å². The van der Waals surface area contributed by atoms with Gasteiger partial charge < -0.3 is 19.1 Å². The van der Waals surface area contributed by atoms with Crippen LogP contribution in [0.1, 0.15) is 25.7 Å². The molecule has 2 aliphatic heterocycles. The summed E-state index contributed by atoms with van der Waals surface area (Å²) in [5.74, 6) is 1.02. The van der Waals surface area contributed by atoms with Crippen LogP contribution in [0.5, 0.6) is 5.75 Å². The molecule has 120 valence electrons. The lowest BCUT2D eigenvalue weighted by molar-refractivity contribution is -0.135. The molecule has 3 rings (SSSR count). The Labute approximate surface area is 130 Å². The predicted octanol–water partition coefficient (Wildman–Crippen LogP) is 1.60. The van der Waals surface area contributed by atoms with Crippen molar-refractivity contribution in [1.82, 2.24) is 9.88 Å². The normalized spacial score (nSPS) is 20.3. The number of hydrogen-bond acceptors (Lipinski definition) is 5. The van der Waals surface area contributed by atoms with Crippen molar-refractivity contribution >= 4 is 5.91 Å². The quantitative estimate of drug-likeness (QED) is 0.827. The van der Waals surface area contributed by atoms with E-state index in [1.165, 1.54) is 0 Å². The van der Waals surface area contributed by atoms with Gasteiger partial charge in [0.2, 0.25) is 5.91 Å². The van der Waals surface area contributed by atoms with Crippen molar-refractivity contribution in [3.8, 4) is 5.75 Å². The van der Waals surface area contributed by atoms with Crippen LogP contribution in [0.4, 0.5) is 0 Å². The van der Waals surface area contributed by atoms with E-state index in [2.05, 4.69) is 4.98 Å². The van der Waals surface area contributed by atoms with Crippen LogP contribution in [0.15, 0.2) is 24.5 Å². The highest BCUT2D eigenvalue weighted by Gasteiger charge is 2.25. The number of aromatic nitrogens is 1. The second-order valence-electron chi connectivity index (χ2n) is 5.59. The fraction of sp³-hybridized carbons (Fsp3) is 0.625. The van der Waals surface area contributed by atoms with E-state index in [-0.39, 0.29) is 18.3 Å². The zero-order chi connectivity index (χ0) is 15.2. The molecule has 2 aliphatic rings. The van der Waals surface area contributed by atoms with E-state index in [4.69, 9.17) is 14.2 Å². The predicted molar refractivity (Wildman–Crippen MR) is 79.4 cm³/mol. The van der Waals surface area contributed by atoms with E-state index >= 15 is 0 Å². The Hall–Kier alpha value is -1.66. The summed E-state index contributed by atoms with van der Waals surface area (Å²) in [4.78, 5) is 18.1. The molecule has 1 amide bonds. The van der Waals surface area contributed by atoms with E-state index in [1.54, 1.807) is 12.4 Å². The molecule has 6 heteroatoms. The first kappa shape index (κ1) is 15.2. The number of pyridine rings is 1. The first-order valence-electron chi connectivity index (χ1n) is 7.89. The molecule has 0 aliphatic carbocycles. The summed E-state index contributed by atoms with van der Waals surface area (Å²) >= 11 is 0. The zero-order valence-electron chi connectivity index (χ0n) is 12.6. The number of amides is 1. The van der Waals surface area contributed by atoms with Crippen molar-refractivity contribution in [2.45, 2.75) is 38.1 Å². The third kappa shape index (κ3) is 4.18. The van der Waals surface area contributed by atoms with Gasteiger partial charge in [0.15, 0.2) is 6.29 Å². The van der Waals surface area contributed by atoms with Gasteiger partial charge in [0.25, 0.3) is 0 Å². The summed E-state index contributed by atoms with van der Waals surface area (Å²) in [5, 5.41) is 0. The molecule has 0 radical (unpaired) electrons. The van der Waals surface area contributed by atoms with Gasteiger partial charge in [-0.3, -0.25) is 9.78 Å². The van der Waals surface area contributed by atoms with Crippen LogP contribution in [0.3, 0.4) is 0 Å². The van der Waals surface area contributed by atoms with Gasteiger partial charge >= 0.3 is 0 Å². The smallest absolute Gasteiger partial charge is 0.222 e. The standard InChI is InChI=1S/C16H22N2O4/c19-15(1-2-16-20-11-12-21-16)18-9-5-14(6-10-18)22-13-3-7-17-8-4-13/h3-4,7-8,14,16H,1-2,5-6,9-12H2. The highest BCUT2D eigenvalue weighted by Crippen LogP contribution is 2.19. The van der Waals surface area contributed by atoms with Crippen LogP contribution in [0, 0.1) is 0 Å². The van der Waals surface area contributed by atoms with Crippen molar-refractivity contribution < 1.29 is 19.0 Å². The van der Waals surface area contributed by atoms with E-state index in [1.807, 2.05) is 17.0 Å². The SMILES string of the molecule is O=C(CCC1OCCO1)N1CCC(Oc2ccncc2)CC1. The molecule has 0 bridgehead atoms. The molecule has 0 unspecified atom stereocenters. The van der Waals surface area contributed by atoms with Crippen LogP contribution >= 0.6 is 0 Å². The van der Waals surface area contributed by atoms with E-state index in [0.717, 1.165) is 31.7 Å². The number of hydrogen-bond donors (Lipinski definition) is 0. The van der Waals surface area contributed by atoms with Gasteiger partial charge in [0.1, 0.15) is 11.9 Å². The number of carbonyl (C=O) groups excluding carboxylic acids is 1. The molecule has 1 aromatic heterocycles. The minimum absolute atomic E-state index is 0.174. The van der Waals surface area contributed by atoms with Gasteiger partial charge in [0, 0.05) is 51.2 Å². The largest absolute Gasteiger partial charge is 0.490 e. The van der Waals surface area contributed by atoms with E-state index in [9.17, 15) is 4.79 Å². The molecule has 6 nitrogen and oxygen atoms in total. The van der Waals surface area contributed by atoms with Gasteiger partial charge in [-0.25, -0.2) is 0 Å². The van der Waals surface area contributed by atoms with Crippen molar-refractivity contribution in [3.05, 3.63) is 24.5 Å². The highest BCUT2D eigenvalue weighted by molar-refractivity contribution is 5.76. The number of rotatable bonds is 5. The monoisotopic (exact) mass is 306 g/mol. The average Bonchev–Trinajstić information content (AvgIpc) is 3.08. The Morgan fingerprint density at radius 3 is 2.59 bits per heavy atom. The minimum Gasteiger partial charge on any atom is -0.490 e. The first-order valence-corrected chi connectivity index (χ1v) is 7.89.